The zero-order chi connectivity index (χ0) is 17.6. The van der Waals surface area contributed by atoms with Gasteiger partial charge in [-0.3, -0.25) is 9.59 Å². The molecule has 0 saturated heterocycles. The maximum atomic E-state index is 12.1. The second-order valence-electron chi connectivity index (χ2n) is 6.07. The van der Waals surface area contributed by atoms with Crippen LogP contribution in [-0.2, 0) is 22.5 Å². The van der Waals surface area contributed by atoms with Crippen molar-refractivity contribution in [1.82, 2.24) is 5.32 Å². The molecule has 1 aliphatic rings. The number of rotatable bonds is 5. The maximum Gasteiger partial charge on any atom is 0.307 e. The van der Waals surface area contributed by atoms with Crippen LogP contribution in [0.3, 0.4) is 0 Å². The summed E-state index contributed by atoms with van der Waals surface area (Å²) in [4.78, 5) is 25.5. The lowest BCUT2D eigenvalue weighted by molar-refractivity contribution is -0.140. The first-order valence-corrected chi connectivity index (χ1v) is 8.44. The van der Waals surface area contributed by atoms with Crippen LogP contribution in [0, 0.1) is 0 Å². The van der Waals surface area contributed by atoms with Crippen LogP contribution in [0.1, 0.15) is 27.9 Å². The number of carbonyl (C=O) groups is 2. The van der Waals surface area contributed by atoms with Crippen LogP contribution < -0.4 is 10.2 Å². The third kappa shape index (κ3) is 4.18. The van der Waals surface area contributed by atoms with Gasteiger partial charge in [0.25, 0.3) is 5.91 Å². The average Bonchev–Trinajstić information content (AvgIpc) is 2.67. The highest BCUT2D eigenvalue weighted by Gasteiger charge is 2.16. The van der Waals surface area contributed by atoms with Gasteiger partial charge in [0.05, 0.1) is 13.5 Å². The summed E-state index contributed by atoms with van der Waals surface area (Å²) in [5.74, 6) is -0.513. The Kier molecular flexibility index (Phi) is 5.33. The zero-order valence-electron chi connectivity index (χ0n) is 14.3. The third-order valence-electron chi connectivity index (χ3n) is 4.47. The molecule has 0 spiro atoms. The van der Waals surface area contributed by atoms with Crippen molar-refractivity contribution < 1.29 is 14.3 Å². The Hall–Kier alpha value is -2.82. The Morgan fingerprint density at radius 2 is 1.80 bits per heavy atom. The van der Waals surface area contributed by atoms with Crippen LogP contribution in [0.15, 0.2) is 48.5 Å². The highest BCUT2D eigenvalue weighted by atomic mass is 16.5. The number of nitrogens with zero attached hydrogens (tertiary/aromatic N) is 1. The van der Waals surface area contributed by atoms with E-state index in [4.69, 9.17) is 0 Å². The Morgan fingerprint density at radius 1 is 1.08 bits per heavy atom. The second kappa shape index (κ2) is 7.83. The molecule has 3 rings (SSSR count). The summed E-state index contributed by atoms with van der Waals surface area (Å²) in [7, 11) is 1.34. The van der Waals surface area contributed by atoms with Crippen molar-refractivity contribution in [3.8, 4) is 0 Å². The fourth-order valence-corrected chi connectivity index (χ4v) is 3.02. The van der Waals surface area contributed by atoms with E-state index in [1.807, 2.05) is 24.3 Å². The van der Waals surface area contributed by atoms with Crippen molar-refractivity contribution in [3.05, 3.63) is 65.2 Å². The Balaban J connectivity index is 1.59. The van der Waals surface area contributed by atoms with Gasteiger partial charge in [0.15, 0.2) is 0 Å². The lowest BCUT2D eigenvalue weighted by Crippen LogP contribution is -2.30. The predicted octanol–water partition coefficient (Wildman–Crippen LogP) is 2.54. The molecule has 0 fully saturated rings. The zero-order valence-corrected chi connectivity index (χ0v) is 14.3. The summed E-state index contributed by atoms with van der Waals surface area (Å²) < 4.78 is 4.55. The van der Waals surface area contributed by atoms with E-state index in [0.717, 1.165) is 25.2 Å². The Morgan fingerprint density at radius 3 is 2.52 bits per heavy atom. The second-order valence-corrected chi connectivity index (χ2v) is 6.07. The smallest absolute Gasteiger partial charge is 0.307 e. The number of anilines is 1. The molecule has 0 saturated carbocycles. The predicted molar refractivity (Wildman–Crippen MR) is 96.6 cm³/mol. The molecule has 5 nitrogen and oxygen atoms in total. The number of hydrogen-bond acceptors (Lipinski definition) is 4. The van der Waals surface area contributed by atoms with Gasteiger partial charge in [-0.15, -0.1) is 0 Å². The quantitative estimate of drug-likeness (QED) is 0.851. The van der Waals surface area contributed by atoms with Gasteiger partial charge >= 0.3 is 5.97 Å². The number of nitrogens with one attached hydrogen (secondary N) is 1. The first-order valence-electron chi connectivity index (χ1n) is 8.44. The van der Waals surface area contributed by atoms with Crippen molar-refractivity contribution >= 4 is 17.6 Å². The molecule has 25 heavy (non-hydrogen) atoms. The minimum Gasteiger partial charge on any atom is -0.469 e. The Labute approximate surface area is 147 Å². The van der Waals surface area contributed by atoms with Gasteiger partial charge in [-0.25, -0.2) is 0 Å². The molecule has 1 aliphatic heterocycles. The van der Waals surface area contributed by atoms with Gasteiger partial charge in [-0.05, 0) is 41.8 Å². The number of hydrogen-bond donors (Lipinski definition) is 1. The van der Waals surface area contributed by atoms with Crippen LogP contribution in [0.4, 0.5) is 5.69 Å². The molecule has 0 atom stereocenters. The first-order chi connectivity index (χ1) is 12.2. The highest BCUT2D eigenvalue weighted by molar-refractivity contribution is 5.94. The Bertz CT molecular complexity index is 756. The van der Waals surface area contributed by atoms with Crippen molar-refractivity contribution in [1.29, 1.82) is 0 Å². The number of fused-ring (bicyclic) bond motifs is 1. The van der Waals surface area contributed by atoms with Crippen LogP contribution in [0.2, 0.25) is 0 Å². The average molecular weight is 338 g/mol. The summed E-state index contributed by atoms with van der Waals surface area (Å²) in [5.41, 5.74) is 4.48. The number of methoxy groups -OCH3 is 1. The van der Waals surface area contributed by atoms with Gasteiger partial charge in [-0.2, -0.15) is 0 Å². The fraction of sp³-hybridized carbons (Fsp3) is 0.300. The summed E-state index contributed by atoms with van der Waals surface area (Å²) in [6.07, 6.45) is 1.21. The molecular weight excluding hydrogens is 316 g/mol. The van der Waals surface area contributed by atoms with Crippen molar-refractivity contribution in [3.63, 3.8) is 0 Å². The molecule has 130 valence electrons. The fourth-order valence-electron chi connectivity index (χ4n) is 3.02. The minimum absolute atomic E-state index is 0.174. The molecule has 0 radical (unpaired) electrons. The van der Waals surface area contributed by atoms with E-state index in [0.29, 0.717) is 5.56 Å². The summed E-state index contributed by atoms with van der Waals surface area (Å²) >= 11 is 0. The maximum absolute atomic E-state index is 12.1. The van der Waals surface area contributed by atoms with E-state index in [-0.39, 0.29) is 24.8 Å². The highest BCUT2D eigenvalue weighted by Crippen LogP contribution is 2.24. The van der Waals surface area contributed by atoms with E-state index in [1.165, 1.54) is 18.2 Å². The number of amides is 1. The molecular formula is C20H22N2O3. The summed E-state index contributed by atoms with van der Waals surface area (Å²) in [5, 5.41) is 2.72. The number of esters is 1. The van der Waals surface area contributed by atoms with Gasteiger partial charge in [-0.1, -0.05) is 24.3 Å². The molecule has 1 heterocycles. The molecule has 1 amide bonds. The largest absolute Gasteiger partial charge is 0.469 e. The van der Waals surface area contributed by atoms with Crippen LogP contribution >= 0.6 is 0 Å². The van der Waals surface area contributed by atoms with E-state index in [9.17, 15) is 9.59 Å². The van der Waals surface area contributed by atoms with Gasteiger partial charge in [0, 0.05) is 30.9 Å². The van der Waals surface area contributed by atoms with Gasteiger partial charge < -0.3 is 15.0 Å². The monoisotopic (exact) mass is 338 g/mol. The van der Waals surface area contributed by atoms with Crippen LogP contribution in [-0.4, -0.2) is 32.1 Å². The summed E-state index contributed by atoms with van der Waals surface area (Å²) in [6.45, 7) is 2.14. The molecule has 2 aromatic carbocycles. The SMILES string of the molecule is COC(=O)CCNC(=O)c1ccc(N2CCc3ccccc3C2)cc1. The lowest BCUT2D eigenvalue weighted by Gasteiger charge is -2.30. The van der Waals surface area contributed by atoms with Gasteiger partial charge in [0.1, 0.15) is 0 Å². The van der Waals surface area contributed by atoms with Crippen molar-refractivity contribution in [2.24, 2.45) is 0 Å². The molecule has 2 aromatic rings. The van der Waals surface area contributed by atoms with Crippen molar-refractivity contribution in [2.75, 3.05) is 25.1 Å². The van der Waals surface area contributed by atoms with E-state index >= 15 is 0 Å². The topological polar surface area (TPSA) is 58.6 Å². The van der Waals surface area contributed by atoms with Crippen molar-refractivity contribution in [2.45, 2.75) is 19.4 Å². The van der Waals surface area contributed by atoms with E-state index in [2.05, 4.69) is 39.2 Å². The van der Waals surface area contributed by atoms with E-state index < -0.39 is 0 Å². The number of ether oxygens (including phenoxy) is 1. The minimum atomic E-state index is -0.332. The number of benzene rings is 2. The lowest BCUT2D eigenvalue weighted by atomic mass is 9.99. The normalized spacial score (nSPS) is 13.1. The first kappa shape index (κ1) is 17.0. The third-order valence-corrected chi connectivity index (χ3v) is 4.47. The van der Waals surface area contributed by atoms with E-state index in [1.54, 1.807) is 0 Å². The molecule has 0 unspecified atom stereocenters. The molecule has 0 aromatic heterocycles. The summed E-state index contributed by atoms with van der Waals surface area (Å²) in [6, 6.07) is 16.1. The molecule has 0 bridgehead atoms. The molecule has 0 aliphatic carbocycles. The standard InChI is InChI=1S/C20H22N2O3/c1-25-19(23)10-12-21-20(24)16-6-8-18(9-7-16)22-13-11-15-4-2-3-5-17(15)14-22/h2-9H,10-14H2,1H3,(H,21,24). The molecule has 5 heteroatoms. The van der Waals surface area contributed by atoms with Crippen LogP contribution in [0.5, 0.6) is 0 Å². The van der Waals surface area contributed by atoms with Crippen LogP contribution in [0.25, 0.3) is 0 Å². The number of carbonyl (C=O) groups excluding carboxylic acids is 2. The van der Waals surface area contributed by atoms with Gasteiger partial charge in [0.2, 0.25) is 0 Å². The molecule has 1 N–H and O–H groups in total.